The fourth-order valence-corrected chi connectivity index (χ4v) is 4.33. The molecule has 0 saturated heterocycles. The minimum absolute atomic E-state index is 0.0358. The third-order valence-corrected chi connectivity index (χ3v) is 6.41. The molecule has 0 atom stereocenters. The highest BCUT2D eigenvalue weighted by Crippen LogP contribution is 2.27. The highest BCUT2D eigenvalue weighted by molar-refractivity contribution is 7.99. The molecule has 0 bridgehead atoms. The van der Waals surface area contributed by atoms with Crippen molar-refractivity contribution in [2.45, 2.75) is 18.6 Å². The fourth-order valence-electron chi connectivity index (χ4n) is 3.33. The number of hydrazone groups is 1. The molecule has 4 rings (SSSR count). The maximum atomic E-state index is 12.5. The molecule has 1 amide bonds. The summed E-state index contributed by atoms with van der Waals surface area (Å²) in [6.07, 6.45) is 0. The Kier molecular flexibility index (Phi) is 7.24. The number of nitro benzene ring substituents is 1. The Morgan fingerprint density at radius 1 is 1.15 bits per heavy atom. The molecule has 34 heavy (non-hydrogen) atoms. The highest BCUT2D eigenvalue weighted by atomic mass is 35.5. The van der Waals surface area contributed by atoms with Crippen molar-refractivity contribution in [1.29, 1.82) is 0 Å². The Morgan fingerprint density at radius 2 is 1.91 bits per heavy atom. The second kappa shape index (κ2) is 10.5. The molecule has 1 aromatic heterocycles. The molecule has 10 heteroatoms. The van der Waals surface area contributed by atoms with E-state index >= 15 is 0 Å². The summed E-state index contributed by atoms with van der Waals surface area (Å²) < 4.78 is 2.03. The molecule has 0 radical (unpaired) electrons. The number of rotatable bonds is 8. The number of carbonyl (C=O) groups is 1. The molecule has 8 nitrogen and oxygen atoms in total. The first-order chi connectivity index (χ1) is 16.4. The Morgan fingerprint density at radius 3 is 2.71 bits per heavy atom. The van der Waals surface area contributed by atoms with E-state index in [1.54, 1.807) is 19.1 Å². The van der Waals surface area contributed by atoms with Crippen molar-refractivity contribution in [1.82, 2.24) is 15.0 Å². The smallest absolute Gasteiger partial charge is 0.270 e. The summed E-state index contributed by atoms with van der Waals surface area (Å²) in [5, 5.41) is 16.4. The number of nitrogens with one attached hydrogen (secondary N) is 1. The quantitative estimate of drug-likeness (QED) is 0.156. The predicted octanol–water partition coefficient (Wildman–Crippen LogP) is 5.28. The van der Waals surface area contributed by atoms with Crippen molar-refractivity contribution in [3.63, 3.8) is 0 Å². The molecule has 0 fully saturated rings. The van der Waals surface area contributed by atoms with Crippen molar-refractivity contribution in [3.05, 3.63) is 99.1 Å². The first kappa shape index (κ1) is 23.5. The average Bonchev–Trinajstić information content (AvgIpc) is 3.20. The lowest BCUT2D eigenvalue weighted by molar-refractivity contribution is -0.384. The van der Waals surface area contributed by atoms with Crippen LogP contribution in [0, 0.1) is 10.1 Å². The van der Waals surface area contributed by atoms with Gasteiger partial charge < -0.3 is 4.57 Å². The van der Waals surface area contributed by atoms with Gasteiger partial charge in [0, 0.05) is 22.7 Å². The zero-order chi connectivity index (χ0) is 24.1. The number of halogens is 1. The van der Waals surface area contributed by atoms with Crippen LogP contribution in [0.3, 0.4) is 0 Å². The van der Waals surface area contributed by atoms with Gasteiger partial charge in [0.05, 0.1) is 34.0 Å². The van der Waals surface area contributed by atoms with Gasteiger partial charge in [0.15, 0.2) is 5.16 Å². The summed E-state index contributed by atoms with van der Waals surface area (Å²) in [4.78, 5) is 27.6. The van der Waals surface area contributed by atoms with E-state index in [0.29, 0.717) is 28.0 Å². The molecule has 0 aliphatic carbocycles. The summed E-state index contributed by atoms with van der Waals surface area (Å²) in [5.41, 5.74) is 6.23. The van der Waals surface area contributed by atoms with Crippen LogP contribution in [0.4, 0.5) is 5.69 Å². The molecular weight excluding hydrogens is 474 g/mol. The largest absolute Gasteiger partial charge is 0.314 e. The van der Waals surface area contributed by atoms with E-state index in [1.807, 2.05) is 53.1 Å². The second-order valence-corrected chi connectivity index (χ2v) is 8.74. The van der Waals surface area contributed by atoms with E-state index in [0.717, 1.165) is 16.6 Å². The van der Waals surface area contributed by atoms with Gasteiger partial charge in [0.25, 0.3) is 11.6 Å². The number of hydrogen-bond acceptors (Lipinski definition) is 6. The van der Waals surface area contributed by atoms with E-state index in [4.69, 9.17) is 11.6 Å². The van der Waals surface area contributed by atoms with Crippen LogP contribution in [0.2, 0.25) is 5.02 Å². The second-order valence-electron chi connectivity index (χ2n) is 7.39. The van der Waals surface area contributed by atoms with Crippen LogP contribution in [0.25, 0.3) is 11.0 Å². The van der Waals surface area contributed by atoms with Crippen molar-refractivity contribution in [3.8, 4) is 0 Å². The molecule has 4 aromatic rings. The third kappa shape index (κ3) is 5.44. The summed E-state index contributed by atoms with van der Waals surface area (Å²) in [6.45, 7) is 2.20. The molecule has 3 aromatic carbocycles. The fraction of sp³-hybridized carbons (Fsp3) is 0.125. The van der Waals surface area contributed by atoms with Crippen LogP contribution in [0.15, 0.2) is 83.1 Å². The molecule has 0 aliphatic rings. The molecule has 0 spiro atoms. The molecule has 1 N–H and O–H groups in total. The van der Waals surface area contributed by atoms with E-state index in [1.165, 1.54) is 23.9 Å². The topological polar surface area (TPSA) is 102 Å². The Labute approximate surface area is 204 Å². The molecule has 1 heterocycles. The SMILES string of the molecule is CC(=NNC(=O)CSc1nc2ccccc2n1Cc1ccccc1Cl)c1cccc([N+](=O)[O-])c1. The first-order valence-electron chi connectivity index (χ1n) is 10.3. The number of thioether (sulfide) groups is 1. The van der Waals surface area contributed by atoms with Gasteiger partial charge in [0.1, 0.15) is 0 Å². The van der Waals surface area contributed by atoms with Crippen LogP contribution < -0.4 is 5.43 Å². The Hall–Kier alpha value is -3.69. The number of nitro groups is 1. The number of para-hydroxylation sites is 2. The molecule has 0 aliphatic heterocycles. The van der Waals surface area contributed by atoms with E-state index in [2.05, 4.69) is 15.5 Å². The number of aromatic nitrogens is 2. The molecule has 172 valence electrons. The summed E-state index contributed by atoms with van der Waals surface area (Å²) in [7, 11) is 0. The highest BCUT2D eigenvalue weighted by Gasteiger charge is 2.14. The Bertz CT molecular complexity index is 1400. The molecule has 0 saturated carbocycles. The summed E-state index contributed by atoms with van der Waals surface area (Å²) in [5.74, 6) is -0.219. The van der Waals surface area contributed by atoms with E-state index in [9.17, 15) is 14.9 Å². The van der Waals surface area contributed by atoms with Crippen LogP contribution in [-0.4, -0.2) is 31.8 Å². The van der Waals surface area contributed by atoms with Crippen molar-refractivity contribution >= 4 is 51.7 Å². The van der Waals surface area contributed by atoms with E-state index in [-0.39, 0.29) is 17.3 Å². The number of hydrogen-bond donors (Lipinski definition) is 1. The van der Waals surface area contributed by atoms with Gasteiger partial charge in [-0.25, -0.2) is 10.4 Å². The standard InChI is InChI=1S/C24H20ClN5O3S/c1-16(17-8-6-9-19(13-17)30(32)33)27-28-23(31)15-34-24-26-21-11-4-5-12-22(21)29(24)14-18-7-2-3-10-20(18)25/h2-13H,14-15H2,1H3,(H,28,31). The third-order valence-electron chi connectivity index (χ3n) is 5.06. The first-order valence-corrected chi connectivity index (χ1v) is 11.7. The minimum Gasteiger partial charge on any atom is -0.314 e. The number of nitrogens with zero attached hydrogens (tertiary/aromatic N) is 4. The van der Waals surface area contributed by atoms with Crippen molar-refractivity contribution < 1.29 is 9.72 Å². The van der Waals surface area contributed by atoms with Gasteiger partial charge in [-0.15, -0.1) is 0 Å². The number of amides is 1. The normalized spacial score (nSPS) is 11.5. The molecular formula is C24H20ClN5O3S. The van der Waals surface area contributed by atoms with Gasteiger partial charge in [-0.05, 0) is 30.7 Å². The summed E-state index contributed by atoms with van der Waals surface area (Å²) in [6, 6.07) is 21.5. The lowest BCUT2D eigenvalue weighted by Gasteiger charge is -2.10. The van der Waals surface area contributed by atoms with Gasteiger partial charge in [-0.2, -0.15) is 5.10 Å². The van der Waals surface area contributed by atoms with E-state index < -0.39 is 4.92 Å². The van der Waals surface area contributed by atoms with Crippen LogP contribution in [0.1, 0.15) is 18.1 Å². The molecule has 0 unspecified atom stereocenters. The summed E-state index contributed by atoms with van der Waals surface area (Å²) >= 11 is 7.66. The number of carbonyl (C=O) groups excluding carboxylic acids is 1. The van der Waals surface area contributed by atoms with Crippen LogP contribution in [-0.2, 0) is 11.3 Å². The number of benzene rings is 3. The maximum absolute atomic E-state index is 12.5. The Balaban J connectivity index is 1.47. The number of non-ortho nitro benzene ring substituents is 1. The van der Waals surface area contributed by atoms with Gasteiger partial charge in [-0.3, -0.25) is 14.9 Å². The monoisotopic (exact) mass is 493 g/mol. The maximum Gasteiger partial charge on any atom is 0.270 e. The lowest BCUT2D eigenvalue weighted by Crippen LogP contribution is -2.21. The lowest BCUT2D eigenvalue weighted by atomic mass is 10.1. The van der Waals surface area contributed by atoms with Crippen LogP contribution >= 0.6 is 23.4 Å². The zero-order valence-electron chi connectivity index (χ0n) is 18.1. The van der Waals surface area contributed by atoms with Gasteiger partial charge in [0.2, 0.25) is 0 Å². The zero-order valence-corrected chi connectivity index (χ0v) is 19.7. The average molecular weight is 494 g/mol. The number of fused-ring (bicyclic) bond motifs is 1. The van der Waals surface area contributed by atoms with Crippen molar-refractivity contribution in [2.75, 3.05) is 5.75 Å². The van der Waals surface area contributed by atoms with Crippen LogP contribution in [0.5, 0.6) is 0 Å². The number of imidazole rings is 1. The predicted molar refractivity (Wildman–Crippen MR) is 134 cm³/mol. The minimum atomic E-state index is -0.472. The van der Waals surface area contributed by atoms with Gasteiger partial charge in [-0.1, -0.05) is 65.8 Å². The van der Waals surface area contributed by atoms with Crippen molar-refractivity contribution in [2.24, 2.45) is 5.10 Å². The van der Waals surface area contributed by atoms with Gasteiger partial charge >= 0.3 is 0 Å².